The quantitative estimate of drug-likeness (QED) is 0.866. The molecule has 18 heavy (non-hydrogen) atoms. The molecule has 1 atom stereocenters. The third-order valence-corrected chi connectivity index (χ3v) is 3.06. The molecule has 94 valence electrons. The molecule has 1 fully saturated rings. The molecular formula is C12H15N5O. The van der Waals surface area contributed by atoms with Gasteiger partial charge >= 0.3 is 0 Å². The zero-order chi connectivity index (χ0) is 12.4. The van der Waals surface area contributed by atoms with Crippen LogP contribution in [0, 0.1) is 6.92 Å². The van der Waals surface area contributed by atoms with Crippen molar-refractivity contribution in [3.05, 3.63) is 24.0 Å². The largest absolute Gasteiger partial charge is 0.337 e. The molecule has 0 aromatic carbocycles. The molecule has 6 nitrogen and oxygen atoms in total. The third kappa shape index (κ3) is 2.24. The van der Waals surface area contributed by atoms with Crippen LogP contribution in [0.4, 0.5) is 0 Å². The SMILES string of the molecule is Cc1nccc(-c2noc([C@H]3CCCCN3)n2)n1. The number of piperidine rings is 1. The summed E-state index contributed by atoms with van der Waals surface area (Å²) >= 11 is 0. The molecule has 1 N–H and O–H groups in total. The van der Waals surface area contributed by atoms with Crippen LogP contribution in [-0.4, -0.2) is 26.7 Å². The smallest absolute Gasteiger partial charge is 0.244 e. The first-order chi connectivity index (χ1) is 8.83. The maximum Gasteiger partial charge on any atom is 0.244 e. The number of aryl methyl sites for hydroxylation is 1. The van der Waals surface area contributed by atoms with E-state index in [-0.39, 0.29) is 6.04 Å². The van der Waals surface area contributed by atoms with E-state index < -0.39 is 0 Å². The average molecular weight is 245 g/mol. The lowest BCUT2D eigenvalue weighted by molar-refractivity contribution is 0.297. The highest BCUT2D eigenvalue weighted by molar-refractivity contribution is 5.47. The molecule has 0 saturated carbocycles. The molecule has 0 unspecified atom stereocenters. The van der Waals surface area contributed by atoms with Gasteiger partial charge < -0.3 is 9.84 Å². The monoisotopic (exact) mass is 245 g/mol. The second kappa shape index (κ2) is 4.81. The Balaban J connectivity index is 1.84. The van der Waals surface area contributed by atoms with E-state index in [2.05, 4.69) is 25.4 Å². The molecule has 0 bridgehead atoms. The third-order valence-electron chi connectivity index (χ3n) is 3.06. The summed E-state index contributed by atoms with van der Waals surface area (Å²) in [6.07, 6.45) is 5.15. The second-order valence-electron chi connectivity index (χ2n) is 4.45. The van der Waals surface area contributed by atoms with E-state index in [1.54, 1.807) is 12.3 Å². The van der Waals surface area contributed by atoms with Crippen molar-refractivity contribution in [3.63, 3.8) is 0 Å². The summed E-state index contributed by atoms with van der Waals surface area (Å²) in [6.45, 7) is 2.85. The summed E-state index contributed by atoms with van der Waals surface area (Å²) in [7, 11) is 0. The zero-order valence-electron chi connectivity index (χ0n) is 10.3. The molecule has 1 saturated heterocycles. The summed E-state index contributed by atoms with van der Waals surface area (Å²) in [5, 5.41) is 7.37. The van der Waals surface area contributed by atoms with Gasteiger partial charge in [-0.15, -0.1) is 0 Å². The summed E-state index contributed by atoms with van der Waals surface area (Å²) in [5.41, 5.74) is 0.702. The first-order valence-corrected chi connectivity index (χ1v) is 6.20. The predicted octanol–water partition coefficient (Wildman–Crippen LogP) is 1.65. The first kappa shape index (κ1) is 11.3. The van der Waals surface area contributed by atoms with Gasteiger partial charge in [0, 0.05) is 6.20 Å². The van der Waals surface area contributed by atoms with Crippen LogP contribution in [0.25, 0.3) is 11.5 Å². The molecule has 2 aromatic heterocycles. The van der Waals surface area contributed by atoms with Gasteiger partial charge in [-0.25, -0.2) is 9.97 Å². The van der Waals surface area contributed by atoms with Crippen molar-refractivity contribution >= 4 is 0 Å². The fourth-order valence-corrected chi connectivity index (χ4v) is 2.12. The molecule has 0 spiro atoms. The van der Waals surface area contributed by atoms with Crippen LogP contribution in [0.1, 0.15) is 37.0 Å². The molecule has 1 aliphatic heterocycles. The maximum atomic E-state index is 5.31. The zero-order valence-corrected chi connectivity index (χ0v) is 10.3. The summed E-state index contributed by atoms with van der Waals surface area (Å²) in [6, 6.07) is 1.97. The van der Waals surface area contributed by atoms with Crippen molar-refractivity contribution in [1.82, 2.24) is 25.4 Å². The van der Waals surface area contributed by atoms with Crippen LogP contribution in [-0.2, 0) is 0 Å². The van der Waals surface area contributed by atoms with Crippen LogP contribution >= 0.6 is 0 Å². The Labute approximate surface area is 105 Å². The second-order valence-corrected chi connectivity index (χ2v) is 4.45. The number of nitrogens with one attached hydrogen (secondary N) is 1. The standard InChI is InChI=1S/C12H15N5O/c1-8-13-7-5-9(15-8)11-16-12(18-17-11)10-4-2-3-6-14-10/h5,7,10,14H,2-4,6H2,1H3/t10-/m1/s1. The van der Waals surface area contributed by atoms with E-state index in [1.807, 2.05) is 6.92 Å². The molecule has 1 aliphatic rings. The first-order valence-electron chi connectivity index (χ1n) is 6.20. The van der Waals surface area contributed by atoms with Crippen molar-refractivity contribution < 1.29 is 4.52 Å². The van der Waals surface area contributed by atoms with Gasteiger partial charge in [-0.05, 0) is 32.4 Å². The predicted molar refractivity (Wildman–Crippen MR) is 64.7 cm³/mol. The minimum absolute atomic E-state index is 0.183. The molecule has 0 amide bonds. The van der Waals surface area contributed by atoms with Crippen LogP contribution in [0.15, 0.2) is 16.8 Å². The lowest BCUT2D eigenvalue weighted by atomic mass is 10.1. The Bertz CT molecular complexity index is 533. The van der Waals surface area contributed by atoms with E-state index in [9.17, 15) is 0 Å². The van der Waals surface area contributed by atoms with Gasteiger partial charge in [-0.1, -0.05) is 11.6 Å². The summed E-state index contributed by atoms with van der Waals surface area (Å²) < 4.78 is 5.31. The van der Waals surface area contributed by atoms with E-state index >= 15 is 0 Å². The van der Waals surface area contributed by atoms with Crippen molar-refractivity contribution in [2.45, 2.75) is 32.2 Å². The minimum Gasteiger partial charge on any atom is -0.337 e. The molecule has 6 heteroatoms. The Hall–Kier alpha value is -1.82. The van der Waals surface area contributed by atoms with Gasteiger partial charge in [0.05, 0.1) is 6.04 Å². The molecule has 3 rings (SSSR count). The van der Waals surface area contributed by atoms with E-state index in [0.29, 0.717) is 23.2 Å². The molecular weight excluding hydrogens is 230 g/mol. The molecule has 0 radical (unpaired) electrons. The highest BCUT2D eigenvalue weighted by Crippen LogP contribution is 2.23. The number of hydrogen-bond donors (Lipinski definition) is 1. The number of nitrogens with zero attached hydrogens (tertiary/aromatic N) is 4. The Morgan fingerprint density at radius 3 is 3.06 bits per heavy atom. The fourth-order valence-electron chi connectivity index (χ4n) is 2.12. The van der Waals surface area contributed by atoms with Gasteiger partial charge in [-0.3, -0.25) is 0 Å². The van der Waals surface area contributed by atoms with Crippen LogP contribution in [0.5, 0.6) is 0 Å². The molecule has 0 aliphatic carbocycles. The topological polar surface area (TPSA) is 76.7 Å². The lowest BCUT2D eigenvalue weighted by Gasteiger charge is -2.19. The average Bonchev–Trinajstić information content (AvgIpc) is 2.89. The molecule has 2 aromatic rings. The van der Waals surface area contributed by atoms with Crippen LogP contribution in [0.3, 0.4) is 0 Å². The Morgan fingerprint density at radius 1 is 1.33 bits per heavy atom. The number of hydrogen-bond acceptors (Lipinski definition) is 6. The van der Waals surface area contributed by atoms with E-state index in [4.69, 9.17) is 4.52 Å². The van der Waals surface area contributed by atoms with Gasteiger partial charge in [0.15, 0.2) is 0 Å². The maximum absolute atomic E-state index is 5.31. The van der Waals surface area contributed by atoms with Crippen molar-refractivity contribution in [1.29, 1.82) is 0 Å². The number of rotatable bonds is 2. The van der Waals surface area contributed by atoms with Gasteiger partial charge in [0.25, 0.3) is 0 Å². The van der Waals surface area contributed by atoms with Crippen molar-refractivity contribution in [2.24, 2.45) is 0 Å². The van der Waals surface area contributed by atoms with Gasteiger partial charge in [0.2, 0.25) is 11.7 Å². The van der Waals surface area contributed by atoms with Crippen LogP contribution < -0.4 is 5.32 Å². The van der Waals surface area contributed by atoms with E-state index in [1.165, 1.54) is 12.8 Å². The van der Waals surface area contributed by atoms with Gasteiger partial charge in [-0.2, -0.15) is 4.98 Å². The van der Waals surface area contributed by atoms with Crippen LogP contribution in [0.2, 0.25) is 0 Å². The highest BCUT2D eigenvalue weighted by atomic mass is 16.5. The van der Waals surface area contributed by atoms with Crippen molar-refractivity contribution in [3.8, 4) is 11.5 Å². The van der Waals surface area contributed by atoms with E-state index in [0.717, 1.165) is 13.0 Å². The summed E-state index contributed by atoms with van der Waals surface area (Å²) in [4.78, 5) is 12.8. The minimum atomic E-state index is 0.183. The Morgan fingerprint density at radius 2 is 2.28 bits per heavy atom. The summed E-state index contributed by atoms with van der Waals surface area (Å²) in [5.74, 6) is 1.89. The Kier molecular flexibility index (Phi) is 3.02. The number of aromatic nitrogens is 4. The highest BCUT2D eigenvalue weighted by Gasteiger charge is 2.21. The van der Waals surface area contributed by atoms with Crippen molar-refractivity contribution in [2.75, 3.05) is 6.54 Å². The lowest BCUT2D eigenvalue weighted by Crippen LogP contribution is -2.26. The normalized spacial score (nSPS) is 19.9. The molecule has 3 heterocycles. The van der Waals surface area contributed by atoms with Gasteiger partial charge in [0.1, 0.15) is 11.5 Å². The fraction of sp³-hybridized carbons (Fsp3) is 0.500.